The van der Waals surface area contributed by atoms with Crippen LogP contribution in [0.15, 0.2) is 85.1 Å². The van der Waals surface area contributed by atoms with Crippen LogP contribution in [0.1, 0.15) is 11.3 Å². The van der Waals surface area contributed by atoms with Crippen molar-refractivity contribution in [1.82, 2.24) is 14.7 Å². The molecule has 8 nitrogen and oxygen atoms in total. The van der Waals surface area contributed by atoms with Crippen molar-refractivity contribution < 1.29 is 13.2 Å². The number of imidazole rings is 1. The molecule has 0 radical (unpaired) electrons. The molecule has 4 aromatic rings. The third kappa shape index (κ3) is 5.50. The van der Waals surface area contributed by atoms with Gasteiger partial charge < -0.3 is 10.6 Å². The summed E-state index contributed by atoms with van der Waals surface area (Å²) in [5, 5.41) is 6.22. The molecule has 0 bridgehead atoms. The van der Waals surface area contributed by atoms with Crippen molar-refractivity contribution in [3.63, 3.8) is 0 Å². The maximum absolute atomic E-state index is 12.7. The van der Waals surface area contributed by atoms with E-state index in [-0.39, 0.29) is 13.1 Å². The van der Waals surface area contributed by atoms with Gasteiger partial charge in [0.05, 0.1) is 18.5 Å². The van der Waals surface area contributed by atoms with E-state index in [1.54, 1.807) is 30.3 Å². The minimum atomic E-state index is -3.62. The van der Waals surface area contributed by atoms with E-state index in [1.165, 1.54) is 0 Å². The minimum Gasteiger partial charge on any atom is -0.365 e. The van der Waals surface area contributed by atoms with E-state index in [9.17, 15) is 13.2 Å². The van der Waals surface area contributed by atoms with Gasteiger partial charge in [0.25, 0.3) is 0 Å². The number of hydrogen-bond donors (Lipinski definition) is 2. The van der Waals surface area contributed by atoms with Gasteiger partial charge in [0.1, 0.15) is 23.7 Å². The van der Waals surface area contributed by atoms with Crippen molar-refractivity contribution >= 4 is 33.1 Å². The van der Waals surface area contributed by atoms with Crippen LogP contribution in [0.25, 0.3) is 5.65 Å². The van der Waals surface area contributed by atoms with Crippen LogP contribution in [0.3, 0.4) is 0 Å². The van der Waals surface area contributed by atoms with Crippen LogP contribution < -0.4 is 14.9 Å². The Labute approximate surface area is 192 Å². The van der Waals surface area contributed by atoms with Gasteiger partial charge in [-0.15, -0.1) is 0 Å². The molecule has 2 aromatic heterocycles. The normalized spacial score (nSPS) is 11.3. The molecule has 0 aliphatic rings. The second-order valence-electron chi connectivity index (χ2n) is 7.56. The molecule has 9 heteroatoms. The molecule has 0 fully saturated rings. The monoisotopic (exact) mass is 463 g/mol. The van der Waals surface area contributed by atoms with E-state index in [1.807, 2.05) is 59.1 Å². The molecule has 0 aliphatic carbocycles. The first-order chi connectivity index (χ1) is 15.9. The number of anilines is 2. The summed E-state index contributed by atoms with van der Waals surface area (Å²) < 4.78 is 27.5. The van der Waals surface area contributed by atoms with E-state index in [0.29, 0.717) is 17.9 Å². The molecule has 0 saturated heterocycles. The van der Waals surface area contributed by atoms with Crippen molar-refractivity contribution in [2.45, 2.75) is 13.1 Å². The smallest absolute Gasteiger partial charge is 0.241 e. The molecular formula is C24H25N5O3S. The molecule has 0 saturated carbocycles. The van der Waals surface area contributed by atoms with Gasteiger partial charge in [-0.05, 0) is 29.8 Å². The number of fused-ring (bicyclic) bond motifs is 1. The number of aromatic nitrogens is 2. The summed E-state index contributed by atoms with van der Waals surface area (Å²) >= 11 is 0. The first kappa shape index (κ1) is 22.3. The number of carbonyl (C=O) groups excluding carboxylic acids is 1. The minimum absolute atomic E-state index is 0.157. The third-order valence-corrected chi connectivity index (χ3v) is 6.23. The van der Waals surface area contributed by atoms with Gasteiger partial charge in [0, 0.05) is 12.7 Å². The zero-order valence-electron chi connectivity index (χ0n) is 18.2. The highest BCUT2D eigenvalue weighted by molar-refractivity contribution is 7.92. The van der Waals surface area contributed by atoms with Gasteiger partial charge in [-0.2, -0.15) is 0 Å². The van der Waals surface area contributed by atoms with Crippen molar-refractivity contribution in [1.29, 1.82) is 0 Å². The summed E-state index contributed by atoms with van der Waals surface area (Å²) in [7, 11) is -3.62. The molecule has 0 atom stereocenters. The Morgan fingerprint density at radius 3 is 2.30 bits per heavy atom. The van der Waals surface area contributed by atoms with Crippen molar-refractivity contribution in [2.24, 2.45) is 0 Å². The van der Waals surface area contributed by atoms with E-state index < -0.39 is 15.9 Å². The molecule has 0 unspecified atom stereocenters. The van der Waals surface area contributed by atoms with Crippen LogP contribution in [0.4, 0.5) is 11.5 Å². The van der Waals surface area contributed by atoms with Crippen molar-refractivity contribution in [3.8, 4) is 0 Å². The van der Waals surface area contributed by atoms with Gasteiger partial charge in [0.2, 0.25) is 15.9 Å². The van der Waals surface area contributed by atoms with Crippen molar-refractivity contribution in [2.75, 3.05) is 22.4 Å². The number of carbonyl (C=O) groups is 1. The Morgan fingerprint density at radius 1 is 0.939 bits per heavy atom. The molecule has 2 heterocycles. The molecule has 170 valence electrons. The fraction of sp³-hybridized carbons (Fsp3) is 0.167. The number of nitrogens with one attached hydrogen (secondary N) is 2. The maximum Gasteiger partial charge on any atom is 0.241 e. The molecule has 4 rings (SSSR count). The van der Waals surface area contributed by atoms with Gasteiger partial charge in [-0.25, -0.2) is 13.4 Å². The van der Waals surface area contributed by atoms with Crippen LogP contribution in [-0.4, -0.2) is 36.5 Å². The zero-order valence-corrected chi connectivity index (χ0v) is 19.0. The summed E-state index contributed by atoms with van der Waals surface area (Å²) in [6.07, 6.45) is 2.99. The molecule has 0 spiro atoms. The van der Waals surface area contributed by atoms with Gasteiger partial charge >= 0.3 is 0 Å². The predicted octanol–water partition coefficient (Wildman–Crippen LogP) is 3.03. The van der Waals surface area contributed by atoms with Crippen LogP contribution in [-0.2, 0) is 27.9 Å². The number of rotatable bonds is 9. The molecule has 1 amide bonds. The Bertz CT molecular complexity index is 1340. The average Bonchev–Trinajstić information content (AvgIpc) is 3.18. The molecule has 33 heavy (non-hydrogen) atoms. The quantitative estimate of drug-likeness (QED) is 0.398. The number of pyridine rings is 1. The third-order valence-electron chi connectivity index (χ3n) is 5.09. The SMILES string of the molecule is CS(=O)(=O)N(CC(=O)NCc1nc2ccccn2c1NCc1ccccc1)c1ccccc1. The van der Waals surface area contributed by atoms with Crippen LogP contribution in [0.5, 0.6) is 0 Å². The van der Waals surface area contributed by atoms with Gasteiger partial charge in [-0.3, -0.25) is 13.5 Å². The molecule has 0 aliphatic heterocycles. The second kappa shape index (κ2) is 9.74. The molecule has 2 aromatic carbocycles. The Hall–Kier alpha value is -3.85. The van der Waals surface area contributed by atoms with Crippen LogP contribution in [0, 0.1) is 0 Å². The number of nitrogens with zero attached hydrogens (tertiary/aromatic N) is 3. The lowest BCUT2D eigenvalue weighted by Crippen LogP contribution is -2.40. The summed E-state index contributed by atoms with van der Waals surface area (Å²) in [6, 6.07) is 24.2. The summed E-state index contributed by atoms with van der Waals surface area (Å²) in [4.78, 5) is 17.3. The van der Waals surface area contributed by atoms with E-state index in [2.05, 4.69) is 15.6 Å². The Kier molecular flexibility index (Phi) is 6.60. The van der Waals surface area contributed by atoms with E-state index in [4.69, 9.17) is 0 Å². The number of sulfonamides is 1. The first-order valence-electron chi connectivity index (χ1n) is 10.4. The average molecular weight is 464 g/mol. The summed E-state index contributed by atoms with van der Waals surface area (Å²) in [5.41, 5.74) is 2.97. The highest BCUT2D eigenvalue weighted by atomic mass is 32.2. The van der Waals surface area contributed by atoms with Gasteiger partial charge in [0.15, 0.2) is 0 Å². The highest BCUT2D eigenvalue weighted by Gasteiger charge is 2.21. The maximum atomic E-state index is 12.7. The van der Waals surface area contributed by atoms with Crippen LogP contribution in [0.2, 0.25) is 0 Å². The summed E-state index contributed by atoms with van der Waals surface area (Å²) in [6.45, 7) is 0.438. The second-order valence-corrected chi connectivity index (χ2v) is 9.46. The zero-order chi connectivity index (χ0) is 23.3. The topological polar surface area (TPSA) is 95.8 Å². The van der Waals surface area contributed by atoms with Crippen LogP contribution >= 0.6 is 0 Å². The van der Waals surface area contributed by atoms with Gasteiger partial charge in [-0.1, -0.05) is 54.6 Å². The fourth-order valence-corrected chi connectivity index (χ4v) is 4.36. The number of amides is 1. The molecular weight excluding hydrogens is 438 g/mol. The first-order valence-corrected chi connectivity index (χ1v) is 12.3. The Balaban J connectivity index is 1.50. The number of para-hydroxylation sites is 1. The Morgan fingerprint density at radius 2 is 1.61 bits per heavy atom. The van der Waals surface area contributed by atoms with E-state index in [0.717, 1.165) is 27.6 Å². The van der Waals surface area contributed by atoms with Crippen molar-refractivity contribution in [3.05, 3.63) is 96.3 Å². The predicted molar refractivity (Wildman–Crippen MR) is 129 cm³/mol. The fourth-order valence-electron chi connectivity index (χ4n) is 3.50. The van der Waals surface area contributed by atoms with E-state index >= 15 is 0 Å². The summed E-state index contributed by atoms with van der Waals surface area (Å²) in [5.74, 6) is 0.355. The number of hydrogen-bond acceptors (Lipinski definition) is 5. The lowest BCUT2D eigenvalue weighted by atomic mass is 10.2. The largest absolute Gasteiger partial charge is 0.365 e. The number of benzene rings is 2. The lowest BCUT2D eigenvalue weighted by molar-refractivity contribution is -0.119. The highest BCUT2D eigenvalue weighted by Crippen LogP contribution is 2.20. The molecule has 2 N–H and O–H groups in total. The lowest BCUT2D eigenvalue weighted by Gasteiger charge is -2.21. The standard InChI is InChI=1S/C24H25N5O3S/c1-33(31,32)29(20-12-6-3-7-13-20)18-23(30)25-17-21-24(26-16-19-10-4-2-5-11-19)28-15-9-8-14-22(28)27-21/h2-15,26H,16-18H2,1H3,(H,25,30).